The van der Waals surface area contributed by atoms with E-state index in [1.54, 1.807) is 31.4 Å². The number of ether oxygens (including phenoxy) is 4. The Kier molecular flexibility index (Phi) is 4.66. The van der Waals surface area contributed by atoms with Gasteiger partial charge in [0.15, 0.2) is 11.5 Å². The fourth-order valence-corrected chi connectivity index (χ4v) is 3.03. The maximum absolute atomic E-state index is 13.5. The quantitative estimate of drug-likeness (QED) is 0.657. The number of aromatic nitrogens is 2. The van der Waals surface area contributed by atoms with Gasteiger partial charge in [0.1, 0.15) is 31.3 Å². The van der Waals surface area contributed by atoms with Crippen LogP contribution in [-0.2, 0) is 12.7 Å². The Labute approximate surface area is 158 Å². The number of rotatable bonds is 5. The molecule has 0 radical (unpaired) electrons. The summed E-state index contributed by atoms with van der Waals surface area (Å²) in [5.74, 6) is 1.02. The third kappa shape index (κ3) is 3.51. The predicted octanol–water partition coefficient (Wildman–Crippen LogP) is 3.91. The molecule has 4 rings (SSSR count). The van der Waals surface area contributed by atoms with Gasteiger partial charge in [-0.3, -0.25) is 0 Å². The lowest BCUT2D eigenvalue weighted by atomic mass is 10.2. The summed E-state index contributed by atoms with van der Waals surface area (Å²) < 4.78 is 63.2. The Morgan fingerprint density at radius 1 is 1.04 bits per heavy atom. The molecule has 0 saturated heterocycles. The monoisotopic (exact) mass is 394 g/mol. The highest BCUT2D eigenvalue weighted by Crippen LogP contribution is 2.38. The molecule has 0 saturated carbocycles. The Hall–Kier alpha value is -3.10. The van der Waals surface area contributed by atoms with E-state index < -0.39 is 12.0 Å². The fraction of sp³-hybridized carbons (Fsp3) is 0.316. The van der Waals surface area contributed by atoms with Gasteiger partial charge in [-0.15, -0.1) is 0 Å². The van der Waals surface area contributed by atoms with Crippen LogP contribution in [0.3, 0.4) is 0 Å². The second-order valence-corrected chi connectivity index (χ2v) is 6.09. The van der Waals surface area contributed by atoms with E-state index in [4.69, 9.17) is 18.9 Å². The van der Waals surface area contributed by atoms with Gasteiger partial charge in [-0.05, 0) is 24.3 Å². The number of halogens is 3. The number of fused-ring (bicyclic) bond motifs is 2. The average molecular weight is 394 g/mol. The molecular formula is C19H17F3N2O4. The standard InChI is InChI=1S/C19H17F3N2O4/c1-25-12-2-4-13(5-3-12)26-7-6-24-15-11-17-16(27-8-9-28-17)10-14(15)23-18(24)19(20,21)22/h2-5,10-11H,6-9H2,1H3. The van der Waals surface area contributed by atoms with Gasteiger partial charge in [0.2, 0.25) is 5.82 Å². The van der Waals surface area contributed by atoms with Crippen LogP contribution in [0.25, 0.3) is 11.0 Å². The molecule has 0 N–H and O–H groups in total. The molecule has 1 aliphatic heterocycles. The van der Waals surface area contributed by atoms with Crippen LogP contribution in [0.1, 0.15) is 5.82 Å². The van der Waals surface area contributed by atoms with Crippen molar-refractivity contribution in [3.8, 4) is 23.0 Å². The minimum absolute atomic E-state index is 0.0307. The molecule has 0 spiro atoms. The minimum Gasteiger partial charge on any atom is -0.497 e. The molecule has 0 fully saturated rings. The van der Waals surface area contributed by atoms with Crippen molar-refractivity contribution in [2.75, 3.05) is 26.9 Å². The van der Waals surface area contributed by atoms with Crippen molar-refractivity contribution in [3.63, 3.8) is 0 Å². The number of alkyl halides is 3. The number of methoxy groups -OCH3 is 1. The molecule has 148 valence electrons. The second kappa shape index (κ2) is 7.14. The lowest BCUT2D eigenvalue weighted by molar-refractivity contribution is -0.147. The molecule has 28 heavy (non-hydrogen) atoms. The summed E-state index contributed by atoms with van der Waals surface area (Å²) in [7, 11) is 1.55. The van der Waals surface area contributed by atoms with Crippen molar-refractivity contribution in [1.29, 1.82) is 0 Å². The maximum atomic E-state index is 13.5. The average Bonchev–Trinajstić information content (AvgIpc) is 3.05. The zero-order valence-corrected chi connectivity index (χ0v) is 15.0. The second-order valence-electron chi connectivity index (χ2n) is 6.09. The van der Waals surface area contributed by atoms with Crippen molar-refractivity contribution in [2.24, 2.45) is 0 Å². The SMILES string of the molecule is COc1ccc(OCCn2c(C(F)(F)F)nc3cc4c(cc32)OCCO4)cc1. The van der Waals surface area contributed by atoms with Gasteiger partial charge < -0.3 is 23.5 Å². The molecule has 2 heterocycles. The summed E-state index contributed by atoms with van der Waals surface area (Å²) in [6.07, 6.45) is -4.60. The first-order valence-electron chi connectivity index (χ1n) is 8.59. The number of hydrogen-bond donors (Lipinski definition) is 0. The van der Waals surface area contributed by atoms with Crippen molar-refractivity contribution < 1.29 is 32.1 Å². The summed E-state index contributed by atoms with van der Waals surface area (Å²) in [6, 6.07) is 9.81. The summed E-state index contributed by atoms with van der Waals surface area (Å²) in [4.78, 5) is 3.77. The topological polar surface area (TPSA) is 54.7 Å². The van der Waals surface area contributed by atoms with Gasteiger partial charge in [-0.25, -0.2) is 4.98 Å². The molecule has 0 unspecified atom stereocenters. The summed E-state index contributed by atoms with van der Waals surface area (Å²) in [6.45, 7) is 0.701. The number of hydrogen-bond acceptors (Lipinski definition) is 5. The van der Waals surface area contributed by atoms with Gasteiger partial charge >= 0.3 is 6.18 Å². The van der Waals surface area contributed by atoms with Crippen molar-refractivity contribution in [2.45, 2.75) is 12.7 Å². The van der Waals surface area contributed by atoms with E-state index in [0.29, 0.717) is 41.7 Å². The Balaban J connectivity index is 1.61. The van der Waals surface area contributed by atoms with Crippen LogP contribution in [0.4, 0.5) is 13.2 Å². The van der Waals surface area contributed by atoms with Crippen LogP contribution < -0.4 is 18.9 Å². The van der Waals surface area contributed by atoms with E-state index >= 15 is 0 Å². The molecule has 1 aromatic heterocycles. The Morgan fingerprint density at radius 3 is 2.32 bits per heavy atom. The van der Waals surface area contributed by atoms with Gasteiger partial charge in [0.25, 0.3) is 0 Å². The minimum atomic E-state index is -4.60. The molecule has 6 nitrogen and oxygen atoms in total. The van der Waals surface area contributed by atoms with Gasteiger partial charge in [-0.1, -0.05) is 0 Å². The maximum Gasteiger partial charge on any atom is 0.449 e. The zero-order valence-electron chi connectivity index (χ0n) is 15.0. The molecular weight excluding hydrogens is 377 g/mol. The summed E-state index contributed by atoms with van der Waals surface area (Å²) >= 11 is 0. The first-order chi connectivity index (χ1) is 13.5. The number of imidazole rings is 1. The van der Waals surface area contributed by atoms with E-state index in [2.05, 4.69) is 4.98 Å². The first-order valence-corrected chi connectivity index (χ1v) is 8.59. The number of benzene rings is 2. The third-order valence-corrected chi connectivity index (χ3v) is 4.31. The van der Waals surface area contributed by atoms with Crippen LogP contribution >= 0.6 is 0 Å². The van der Waals surface area contributed by atoms with Gasteiger partial charge in [0, 0.05) is 12.1 Å². The van der Waals surface area contributed by atoms with Crippen LogP contribution in [0.15, 0.2) is 36.4 Å². The first kappa shape index (κ1) is 18.3. The van der Waals surface area contributed by atoms with E-state index in [9.17, 15) is 13.2 Å². The van der Waals surface area contributed by atoms with Gasteiger partial charge in [0.05, 0.1) is 24.7 Å². The van der Waals surface area contributed by atoms with Crippen molar-refractivity contribution >= 4 is 11.0 Å². The predicted molar refractivity (Wildman–Crippen MR) is 94.2 cm³/mol. The lowest BCUT2D eigenvalue weighted by Gasteiger charge is -2.18. The Bertz CT molecular complexity index is 983. The van der Waals surface area contributed by atoms with Crippen LogP contribution in [0, 0.1) is 0 Å². The normalized spacial score (nSPS) is 13.6. The van der Waals surface area contributed by atoms with Gasteiger partial charge in [-0.2, -0.15) is 13.2 Å². The van der Waals surface area contributed by atoms with Crippen LogP contribution in [0.2, 0.25) is 0 Å². The molecule has 2 aromatic carbocycles. The highest BCUT2D eigenvalue weighted by atomic mass is 19.4. The highest BCUT2D eigenvalue weighted by molar-refractivity contribution is 5.81. The highest BCUT2D eigenvalue weighted by Gasteiger charge is 2.38. The molecule has 3 aromatic rings. The van der Waals surface area contributed by atoms with Crippen molar-refractivity contribution in [3.05, 3.63) is 42.2 Å². The summed E-state index contributed by atoms with van der Waals surface area (Å²) in [5.41, 5.74) is 0.510. The Morgan fingerprint density at radius 2 is 1.68 bits per heavy atom. The van der Waals surface area contributed by atoms with Crippen LogP contribution in [-0.4, -0.2) is 36.5 Å². The smallest absolute Gasteiger partial charge is 0.449 e. The van der Waals surface area contributed by atoms with E-state index in [0.717, 1.165) is 4.57 Å². The van der Waals surface area contributed by atoms with Crippen molar-refractivity contribution in [1.82, 2.24) is 9.55 Å². The number of nitrogens with zero attached hydrogens (tertiary/aromatic N) is 2. The zero-order chi connectivity index (χ0) is 19.7. The van der Waals surface area contributed by atoms with E-state index in [1.807, 2.05) is 0 Å². The molecule has 0 atom stereocenters. The molecule has 0 amide bonds. The summed E-state index contributed by atoms with van der Waals surface area (Å²) in [5, 5.41) is 0. The molecule has 0 bridgehead atoms. The molecule has 0 aliphatic carbocycles. The van der Waals surface area contributed by atoms with E-state index in [1.165, 1.54) is 12.1 Å². The molecule has 1 aliphatic rings. The third-order valence-electron chi connectivity index (χ3n) is 4.31. The lowest BCUT2D eigenvalue weighted by Crippen LogP contribution is -2.18. The van der Waals surface area contributed by atoms with E-state index in [-0.39, 0.29) is 18.7 Å². The molecule has 9 heteroatoms. The van der Waals surface area contributed by atoms with Crippen LogP contribution in [0.5, 0.6) is 23.0 Å². The largest absolute Gasteiger partial charge is 0.497 e. The fourth-order valence-electron chi connectivity index (χ4n) is 3.03.